The van der Waals surface area contributed by atoms with Gasteiger partial charge in [-0.2, -0.15) is 0 Å². The molecule has 2 aromatic carbocycles. The predicted molar refractivity (Wildman–Crippen MR) is 155 cm³/mol. The smallest absolute Gasteiger partial charge is 0.168 e. The van der Waals surface area contributed by atoms with Gasteiger partial charge in [-0.1, -0.05) is 75.7 Å². The molecule has 0 amide bonds. The molecule has 2 N–H and O–H groups in total. The molecule has 0 saturated heterocycles. The molecule has 196 valence electrons. The van der Waals surface area contributed by atoms with Crippen LogP contribution in [0.1, 0.15) is 64.5 Å². The molecule has 4 nitrogen and oxygen atoms in total. The van der Waals surface area contributed by atoms with Gasteiger partial charge in [-0.05, 0) is 84.8 Å². The minimum absolute atomic E-state index is 0.180. The van der Waals surface area contributed by atoms with Crippen LogP contribution in [-0.4, -0.2) is 41.9 Å². The number of allylic oxidation sites excluding steroid dienone is 2. The number of methoxy groups -OCH3 is 1. The van der Waals surface area contributed by atoms with Gasteiger partial charge < -0.3 is 20.1 Å². The van der Waals surface area contributed by atoms with Gasteiger partial charge in [-0.15, -0.1) is 0 Å². The Bertz CT molecular complexity index is 1030. The summed E-state index contributed by atoms with van der Waals surface area (Å²) in [7, 11) is 1.59. The molecule has 2 aromatic rings. The van der Waals surface area contributed by atoms with Crippen LogP contribution in [0.5, 0.6) is 11.5 Å². The van der Waals surface area contributed by atoms with Crippen LogP contribution in [0.25, 0.3) is 0 Å². The van der Waals surface area contributed by atoms with Crippen LogP contribution in [-0.2, 0) is 12.8 Å². The average Bonchev–Trinajstić information content (AvgIpc) is 2.84. The maximum atomic E-state index is 9.90. The highest BCUT2D eigenvalue weighted by molar-refractivity contribution is 7.80. The average molecular weight is 509 g/mol. The molecule has 3 rings (SSSR count). The number of hydrogen-bond donors (Lipinski definition) is 2. The molecule has 1 atom stereocenters. The van der Waals surface area contributed by atoms with E-state index < -0.39 is 0 Å². The number of phenols is 1. The van der Waals surface area contributed by atoms with Crippen LogP contribution in [0.4, 0.5) is 0 Å². The molecule has 0 saturated carbocycles. The summed E-state index contributed by atoms with van der Waals surface area (Å²) >= 11 is 5.92. The maximum absolute atomic E-state index is 9.90. The zero-order valence-corrected chi connectivity index (χ0v) is 23.6. The third kappa shape index (κ3) is 8.26. The third-order valence-corrected chi connectivity index (χ3v) is 7.74. The SMILES string of the molecule is COc1cc(CCCN(CC2(C)CC=C(C(C)(C)C)CC2)C(=S)NCCc2ccccc2)ccc1O. The number of rotatable bonds is 10. The van der Waals surface area contributed by atoms with Crippen molar-refractivity contribution in [3.63, 3.8) is 0 Å². The first-order valence-corrected chi connectivity index (χ1v) is 13.6. The summed E-state index contributed by atoms with van der Waals surface area (Å²) < 4.78 is 5.28. The van der Waals surface area contributed by atoms with Crippen LogP contribution in [0.15, 0.2) is 60.2 Å². The molecule has 0 radical (unpaired) electrons. The van der Waals surface area contributed by atoms with E-state index in [1.54, 1.807) is 18.7 Å². The minimum Gasteiger partial charge on any atom is -0.504 e. The van der Waals surface area contributed by atoms with E-state index in [-0.39, 0.29) is 16.6 Å². The molecule has 1 unspecified atom stereocenters. The highest BCUT2D eigenvalue weighted by Gasteiger charge is 2.32. The number of nitrogens with zero attached hydrogens (tertiary/aromatic N) is 1. The van der Waals surface area contributed by atoms with Crippen molar-refractivity contribution in [1.82, 2.24) is 10.2 Å². The van der Waals surface area contributed by atoms with E-state index in [0.717, 1.165) is 62.4 Å². The van der Waals surface area contributed by atoms with Gasteiger partial charge in [0.2, 0.25) is 0 Å². The molecule has 0 heterocycles. The second-order valence-electron chi connectivity index (χ2n) is 11.5. The summed E-state index contributed by atoms with van der Waals surface area (Å²) in [5, 5.41) is 14.3. The van der Waals surface area contributed by atoms with Crippen molar-refractivity contribution in [3.05, 3.63) is 71.3 Å². The van der Waals surface area contributed by atoms with Crippen molar-refractivity contribution < 1.29 is 9.84 Å². The highest BCUT2D eigenvalue weighted by atomic mass is 32.1. The Labute approximate surface area is 223 Å². The minimum atomic E-state index is 0.180. The van der Waals surface area contributed by atoms with Crippen molar-refractivity contribution in [1.29, 1.82) is 0 Å². The zero-order valence-electron chi connectivity index (χ0n) is 22.8. The Morgan fingerprint density at radius 2 is 1.86 bits per heavy atom. The second-order valence-corrected chi connectivity index (χ2v) is 11.9. The van der Waals surface area contributed by atoms with Gasteiger partial charge in [0, 0.05) is 19.6 Å². The third-order valence-electron chi connectivity index (χ3n) is 7.33. The number of hydrogen-bond acceptors (Lipinski definition) is 3. The molecule has 0 fully saturated rings. The first kappa shape index (κ1) is 28.0. The lowest BCUT2D eigenvalue weighted by Crippen LogP contribution is -2.46. The number of thiocarbonyl (C=S) groups is 1. The molecule has 0 spiro atoms. The van der Waals surface area contributed by atoms with E-state index in [9.17, 15) is 5.11 Å². The Balaban J connectivity index is 1.63. The predicted octanol–water partition coefficient (Wildman–Crippen LogP) is 6.92. The lowest BCUT2D eigenvalue weighted by Gasteiger charge is -2.41. The Hall–Kier alpha value is -2.53. The first-order valence-electron chi connectivity index (χ1n) is 13.2. The van der Waals surface area contributed by atoms with Gasteiger partial charge in [-0.3, -0.25) is 0 Å². The van der Waals surface area contributed by atoms with Gasteiger partial charge in [-0.25, -0.2) is 0 Å². The van der Waals surface area contributed by atoms with Gasteiger partial charge in [0.25, 0.3) is 0 Å². The van der Waals surface area contributed by atoms with E-state index in [2.05, 4.69) is 74.3 Å². The number of nitrogens with one attached hydrogen (secondary N) is 1. The molecule has 0 aliphatic heterocycles. The van der Waals surface area contributed by atoms with Crippen molar-refractivity contribution in [2.24, 2.45) is 10.8 Å². The normalized spacial score (nSPS) is 17.9. The van der Waals surface area contributed by atoms with E-state index in [1.807, 2.05) is 12.1 Å². The van der Waals surface area contributed by atoms with Crippen LogP contribution < -0.4 is 10.1 Å². The summed E-state index contributed by atoms with van der Waals surface area (Å²) in [6.45, 7) is 12.0. The number of aromatic hydroxyl groups is 1. The summed E-state index contributed by atoms with van der Waals surface area (Å²) in [6.07, 6.45) is 8.77. The summed E-state index contributed by atoms with van der Waals surface area (Å²) in [4.78, 5) is 2.38. The molecule has 0 bridgehead atoms. The number of aryl methyl sites for hydroxylation is 1. The fourth-order valence-electron chi connectivity index (χ4n) is 4.97. The second kappa shape index (κ2) is 12.6. The molecular formula is C31H44N2O2S. The van der Waals surface area contributed by atoms with Crippen molar-refractivity contribution in [3.8, 4) is 11.5 Å². The van der Waals surface area contributed by atoms with Crippen LogP contribution in [0, 0.1) is 10.8 Å². The lowest BCUT2D eigenvalue weighted by atomic mass is 9.71. The number of benzene rings is 2. The van der Waals surface area contributed by atoms with Gasteiger partial charge in [0.1, 0.15) is 0 Å². The zero-order chi connectivity index (χ0) is 26.2. The van der Waals surface area contributed by atoms with Gasteiger partial charge >= 0.3 is 0 Å². The highest BCUT2D eigenvalue weighted by Crippen LogP contribution is 2.41. The molecule has 0 aromatic heterocycles. The van der Waals surface area contributed by atoms with Crippen molar-refractivity contribution in [2.45, 2.75) is 66.2 Å². The Kier molecular flexibility index (Phi) is 9.84. The van der Waals surface area contributed by atoms with Crippen molar-refractivity contribution >= 4 is 17.3 Å². The van der Waals surface area contributed by atoms with E-state index in [1.165, 1.54) is 12.0 Å². The lowest BCUT2D eigenvalue weighted by molar-refractivity contribution is 0.198. The maximum Gasteiger partial charge on any atom is 0.168 e. The van der Waals surface area contributed by atoms with E-state index in [4.69, 9.17) is 17.0 Å². The van der Waals surface area contributed by atoms with Crippen LogP contribution >= 0.6 is 12.2 Å². The molecule has 1 aliphatic rings. The topological polar surface area (TPSA) is 44.7 Å². The van der Waals surface area contributed by atoms with Gasteiger partial charge in [0.05, 0.1) is 7.11 Å². The quantitative estimate of drug-likeness (QED) is 0.269. The fourth-order valence-corrected chi connectivity index (χ4v) is 5.23. The Morgan fingerprint density at radius 3 is 2.50 bits per heavy atom. The first-order chi connectivity index (χ1) is 17.1. The largest absolute Gasteiger partial charge is 0.504 e. The monoisotopic (exact) mass is 508 g/mol. The Morgan fingerprint density at radius 1 is 1.11 bits per heavy atom. The summed E-state index contributed by atoms with van der Waals surface area (Å²) in [6, 6.07) is 16.2. The summed E-state index contributed by atoms with van der Waals surface area (Å²) in [5.41, 5.74) is 4.52. The van der Waals surface area contributed by atoms with E-state index >= 15 is 0 Å². The molecule has 1 aliphatic carbocycles. The van der Waals surface area contributed by atoms with E-state index in [0.29, 0.717) is 5.75 Å². The summed E-state index contributed by atoms with van der Waals surface area (Å²) in [5.74, 6) is 0.707. The fraction of sp³-hybridized carbons (Fsp3) is 0.516. The molecule has 36 heavy (non-hydrogen) atoms. The number of phenolic OH excluding ortho intramolecular Hbond substituents is 1. The molecule has 5 heteroatoms. The van der Waals surface area contributed by atoms with Crippen LogP contribution in [0.2, 0.25) is 0 Å². The van der Waals surface area contributed by atoms with Crippen molar-refractivity contribution in [2.75, 3.05) is 26.7 Å². The van der Waals surface area contributed by atoms with Crippen LogP contribution in [0.3, 0.4) is 0 Å². The number of ether oxygens (including phenoxy) is 1. The standard InChI is InChI=1S/C31H44N2O2S/c1-30(2,3)26-15-18-31(4,19-16-26)23-33(29(36)32-20-17-24-10-7-6-8-11-24)21-9-12-25-13-14-27(34)28(22-25)35-5/h6-8,10-11,13-15,22,34H,9,12,16-21,23H2,1-5H3,(H,32,36). The van der Waals surface area contributed by atoms with Gasteiger partial charge in [0.15, 0.2) is 16.6 Å². The molecular weight excluding hydrogens is 464 g/mol.